The molecule has 2 aliphatic rings. The molecule has 132 valence electrons. The molecule has 2 amide bonds. The fourth-order valence-electron chi connectivity index (χ4n) is 3.63. The van der Waals surface area contributed by atoms with Crippen LogP contribution in [0.2, 0.25) is 0 Å². The number of hydrogen-bond donors (Lipinski definition) is 3. The zero-order valence-corrected chi connectivity index (χ0v) is 13.9. The maximum atomic E-state index is 13.7. The van der Waals surface area contributed by atoms with E-state index in [4.69, 9.17) is 0 Å². The summed E-state index contributed by atoms with van der Waals surface area (Å²) in [4.78, 5) is 14.5. The van der Waals surface area contributed by atoms with Gasteiger partial charge in [-0.25, -0.2) is 9.18 Å². The number of hydrogen-bond acceptors (Lipinski definition) is 3. The number of carbonyl (C=O) groups excluding carboxylic acids is 1. The number of amides is 2. The molecule has 1 aliphatic heterocycles. The molecule has 1 saturated heterocycles. The average Bonchev–Trinajstić information content (AvgIpc) is 2.58. The molecule has 2 unspecified atom stereocenters. The Kier molecular flexibility index (Phi) is 5.56. The van der Waals surface area contributed by atoms with Crippen LogP contribution in [-0.2, 0) is 0 Å². The molecule has 6 heteroatoms. The average molecular weight is 335 g/mol. The van der Waals surface area contributed by atoms with Crippen molar-refractivity contribution < 1.29 is 14.3 Å². The molecule has 1 aromatic rings. The molecule has 0 aromatic heterocycles. The fraction of sp³-hybridized carbons (Fsp3) is 0.611. The molecule has 1 aliphatic carbocycles. The van der Waals surface area contributed by atoms with Gasteiger partial charge in [-0.1, -0.05) is 12.8 Å². The lowest BCUT2D eigenvalue weighted by molar-refractivity contribution is 0.0955. The second kappa shape index (κ2) is 7.83. The number of carbonyl (C=O) groups is 1. The van der Waals surface area contributed by atoms with Gasteiger partial charge in [0.15, 0.2) is 0 Å². The second-order valence-electron chi connectivity index (χ2n) is 6.77. The van der Waals surface area contributed by atoms with Crippen molar-refractivity contribution in [3.63, 3.8) is 0 Å². The summed E-state index contributed by atoms with van der Waals surface area (Å²) in [6.07, 6.45) is 6.40. The van der Waals surface area contributed by atoms with Gasteiger partial charge in [-0.05, 0) is 50.3 Å². The van der Waals surface area contributed by atoms with Gasteiger partial charge in [0.25, 0.3) is 0 Å². The van der Waals surface area contributed by atoms with E-state index in [1.54, 1.807) is 6.07 Å². The Hall–Kier alpha value is -1.82. The number of nitrogens with one attached hydrogen (secondary N) is 2. The quantitative estimate of drug-likeness (QED) is 0.794. The number of nitrogens with zero attached hydrogens (tertiary/aromatic N) is 1. The molecule has 1 heterocycles. The molecule has 2 fully saturated rings. The number of rotatable bonds is 3. The number of benzene rings is 1. The van der Waals surface area contributed by atoms with Crippen molar-refractivity contribution in [3.05, 3.63) is 24.0 Å². The van der Waals surface area contributed by atoms with E-state index in [1.165, 1.54) is 18.6 Å². The third-order valence-corrected chi connectivity index (χ3v) is 4.95. The number of piperidine rings is 1. The number of urea groups is 1. The lowest BCUT2D eigenvalue weighted by Crippen LogP contribution is -2.46. The number of halogens is 1. The van der Waals surface area contributed by atoms with Crippen LogP contribution in [0.15, 0.2) is 18.2 Å². The lowest BCUT2D eigenvalue weighted by Gasteiger charge is -2.31. The summed E-state index contributed by atoms with van der Waals surface area (Å²) >= 11 is 0. The fourth-order valence-corrected chi connectivity index (χ4v) is 3.63. The third-order valence-electron chi connectivity index (χ3n) is 4.95. The van der Waals surface area contributed by atoms with E-state index >= 15 is 0 Å². The third kappa shape index (κ3) is 4.17. The molecule has 1 aromatic carbocycles. The summed E-state index contributed by atoms with van der Waals surface area (Å²) in [5, 5.41) is 15.6. The summed E-state index contributed by atoms with van der Waals surface area (Å²) in [5.74, 6) is -0.372. The lowest BCUT2D eigenvalue weighted by atomic mass is 9.93. The van der Waals surface area contributed by atoms with Crippen molar-refractivity contribution in [1.82, 2.24) is 5.32 Å². The van der Waals surface area contributed by atoms with Crippen molar-refractivity contribution in [2.45, 2.75) is 57.1 Å². The molecule has 24 heavy (non-hydrogen) atoms. The first kappa shape index (κ1) is 17.0. The van der Waals surface area contributed by atoms with E-state index in [2.05, 4.69) is 15.5 Å². The van der Waals surface area contributed by atoms with E-state index in [9.17, 15) is 14.3 Å². The monoisotopic (exact) mass is 335 g/mol. The predicted octanol–water partition coefficient (Wildman–Crippen LogP) is 3.24. The van der Waals surface area contributed by atoms with Gasteiger partial charge in [0.05, 0.1) is 23.5 Å². The van der Waals surface area contributed by atoms with Crippen LogP contribution in [0.3, 0.4) is 0 Å². The van der Waals surface area contributed by atoms with Crippen LogP contribution in [0.4, 0.5) is 20.6 Å². The summed E-state index contributed by atoms with van der Waals surface area (Å²) in [5.41, 5.74) is 1.34. The van der Waals surface area contributed by atoms with Gasteiger partial charge in [0.2, 0.25) is 0 Å². The van der Waals surface area contributed by atoms with E-state index in [0.29, 0.717) is 12.1 Å². The normalized spacial score (nSPS) is 24.5. The number of aliphatic hydroxyl groups is 1. The van der Waals surface area contributed by atoms with Gasteiger partial charge in [-0.2, -0.15) is 0 Å². The number of anilines is 2. The molecule has 0 radical (unpaired) electrons. The first-order chi connectivity index (χ1) is 11.6. The topological polar surface area (TPSA) is 64.6 Å². The van der Waals surface area contributed by atoms with Crippen LogP contribution in [0, 0.1) is 5.82 Å². The van der Waals surface area contributed by atoms with Crippen molar-refractivity contribution >= 4 is 17.4 Å². The van der Waals surface area contributed by atoms with Gasteiger partial charge in [-0.15, -0.1) is 0 Å². The first-order valence-corrected chi connectivity index (χ1v) is 8.93. The zero-order chi connectivity index (χ0) is 16.9. The molecule has 2 atom stereocenters. The van der Waals surface area contributed by atoms with Crippen LogP contribution in [0.25, 0.3) is 0 Å². The Bertz CT molecular complexity index is 575. The SMILES string of the molecule is O=C(Nc1cc(F)ccc1N1CCCCC1)NC1CCCCC1O. The minimum absolute atomic E-state index is 0.231. The molecule has 3 N–H and O–H groups in total. The summed E-state index contributed by atoms with van der Waals surface area (Å²) < 4.78 is 13.7. The molecule has 3 rings (SSSR count). The maximum Gasteiger partial charge on any atom is 0.319 e. The van der Waals surface area contributed by atoms with Gasteiger partial charge in [0, 0.05) is 13.1 Å². The van der Waals surface area contributed by atoms with Crippen molar-refractivity contribution in [3.8, 4) is 0 Å². The summed E-state index contributed by atoms with van der Waals surface area (Å²) in [7, 11) is 0. The second-order valence-corrected chi connectivity index (χ2v) is 6.77. The van der Waals surface area contributed by atoms with Crippen molar-refractivity contribution in [1.29, 1.82) is 0 Å². The Balaban J connectivity index is 1.68. The van der Waals surface area contributed by atoms with E-state index in [-0.39, 0.29) is 17.9 Å². The summed E-state index contributed by atoms with van der Waals surface area (Å²) in [6, 6.07) is 3.90. The summed E-state index contributed by atoms with van der Waals surface area (Å²) in [6.45, 7) is 1.84. The highest BCUT2D eigenvalue weighted by Gasteiger charge is 2.25. The van der Waals surface area contributed by atoms with Crippen LogP contribution >= 0.6 is 0 Å². The standard InChI is InChI=1S/C18H26FN3O2/c19-13-8-9-16(22-10-4-1-5-11-22)15(12-13)21-18(24)20-14-6-2-3-7-17(14)23/h8-9,12,14,17,23H,1-7,10-11H2,(H2,20,21,24). The van der Waals surface area contributed by atoms with Gasteiger partial charge in [0.1, 0.15) is 5.82 Å². The van der Waals surface area contributed by atoms with Crippen LogP contribution in [0.1, 0.15) is 44.9 Å². The van der Waals surface area contributed by atoms with Crippen molar-refractivity contribution in [2.75, 3.05) is 23.3 Å². The number of aliphatic hydroxyl groups excluding tert-OH is 1. The molecule has 0 bridgehead atoms. The molecule has 1 saturated carbocycles. The van der Waals surface area contributed by atoms with Crippen LogP contribution in [-0.4, -0.2) is 36.4 Å². The largest absolute Gasteiger partial charge is 0.391 e. The first-order valence-electron chi connectivity index (χ1n) is 8.93. The van der Waals surface area contributed by atoms with Gasteiger partial charge in [-0.3, -0.25) is 0 Å². The highest BCUT2D eigenvalue weighted by Crippen LogP contribution is 2.29. The van der Waals surface area contributed by atoms with Gasteiger partial charge >= 0.3 is 6.03 Å². The minimum Gasteiger partial charge on any atom is -0.391 e. The highest BCUT2D eigenvalue weighted by atomic mass is 19.1. The molecular formula is C18H26FN3O2. The predicted molar refractivity (Wildman–Crippen MR) is 92.9 cm³/mol. The van der Waals surface area contributed by atoms with Crippen molar-refractivity contribution in [2.24, 2.45) is 0 Å². The van der Waals surface area contributed by atoms with E-state index in [1.807, 2.05) is 0 Å². The molecular weight excluding hydrogens is 309 g/mol. The van der Waals surface area contributed by atoms with Crippen LogP contribution < -0.4 is 15.5 Å². The van der Waals surface area contributed by atoms with E-state index < -0.39 is 6.10 Å². The maximum absolute atomic E-state index is 13.7. The molecule has 0 spiro atoms. The van der Waals surface area contributed by atoms with Crippen LogP contribution in [0.5, 0.6) is 0 Å². The highest BCUT2D eigenvalue weighted by molar-refractivity contribution is 5.93. The smallest absolute Gasteiger partial charge is 0.319 e. The zero-order valence-electron chi connectivity index (χ0n) is 13.9. The minimum atomic E-state index is -0.501. The Morgan fingerprint density at radius 2 is 1.88 bits per heavy atom. The van der Waals surface area contributed by atoms with E-state index in [0.717, 1.165) is 50.9 Å². The Morgan fingerprint density at radius 1 is 1.12 bits per heavy atom. The van der Waals surface area contributed by atoms with Gasteiger partial charge < -0.3 is 20.6 Å². The Morgan fingerprint density at radius 3 is 2.62 bits per heavy atom. The molecule has 5 nitrogen and oxygen atoms in total. The Labute approximate surface area is 142 Å².